The molecule has 2 heteroatoms. The number of fused-ring (bicyclic) bond motifs is 2. The fourth-order valence-electron chi connectivity index (χ4n) is 3.87. The molecule has 0 radical (unpaired) electrons. The van der Waals surface area contributed by atoms with Crippen molar-refractivity contribution in [2.75, 3.05) is 0 Å². The van der Waals surface area contributed by atoms with Crippen LogP contribution in [-0.4, -0.2) is 12.4 Å². The van der Waals surface area contributed by atoms with Gasteiger partial charge >= 0.3 is 0 Å². The van der Waals surface area contributed by atoms with Crippen molar-refractivity contribution < 1.29 is 4.39 Å². The topological polar surface area (TPSA) is 12.4 Å². The summed E-state index contributed by atoms with van der Waals surface area (Å²) in [7, 11) is 0. The van der Waals surface area contributed by atoms with Crippen molar-refractivity contribution in [3.05, 3.63) is 23.4 Å². The fraction of sp³-hybridized carbons (Fsp3) is 0.667. The Balaban J connectivity index is 2.05. The quantitative estimate of drug-likeness (QED) is 0.647. The molecule has 0 amide bonds. The Morgan fingerprint density at radius 1 is 1.41 bits per heavy atom. The molecule has 92 valence electrons. The number of hydrogen-bond donors (Lipinski definition) is 0. The molecule has 1 fully saturated rings. The predicted molar refractivity (Wildman–Crippen MR) is 68.8 cm³/mol. The number of aliphatic imine (C=N–C) groups is 1. The molecule has 1 heterocycles. The Labute approximate surface area is 103 Å². The molecule has 4 atom stereocenters. The Hall–Kier alpha value is -0.920. The molecule has 1 saturated carbocycles. The second kappa shape index (κ2) is 4.40. The summed E-state index contributed by atoms with van der Waals surface area (Å²) < 4.78 is 14.2. The second-order valence-electron chi connectivity index (χ2n) is 5.53. The van der Waals surface area contributed by atoms with Crippen LogP contribution >= 0.6 is 0 Å². The predicted octanol–water partition coefficient (Wildman–Crippen LogP) is 4.07. The third-order valence-electron chi connectivity index (χ3n) is 4.71. The van der Waals surface area contributed by atoms with Crippen LogP contribution in [0.5, 0.6) is 0 Å². The van der Waals surface area contributed by atoms with Gasteiger partial charge in [-0.1, -0.05) is 12.5 Å². The van der Waals surface area contributed by atoms with E-state index < -0.39 is 6.17 Å². The molecular formula is C15H20FN. The lowest BCUT2D eigenvalue weighted by Crippen LogP contribution is -2.28. The summed E-state index contributed by atoms with van der Waals surface area (Å²) in [5, 5.41) is 0. The first kappa shape index (κ1) is 11.2. The van der Waals surface area contributed by atoms with Crippen molar-refractivity contribution in [3.8, 4) is 0 Å². The van der Waals surface area contributed by atoms with Crippen LogP contribution < -0.4 is 0 Å². The number of allylic oxidation sites excluding steroid dienone is 3. The van der Waals surface area contributed by atoms with Crippen LogP contribution in [-0.2, 0) is 0 Å². The molecule has 0 spiro atoms. The molecule has 17 heavy (non-hydrogen) atoms. The summed E-state index contributed by atoms with van der Waals surface area (Å²) in [4.78, 5) is 4.22. The SMILES string of the molecule is CCC1CCC2C1=C1C=CN=CCC1CC2F. The van der Waals surface area contributed by atoms with Gasteiger partial charge in [0, 0.05) is 18.3 Å². The van der Waals surface area contributed by atoms with E-state index >= 15 is 0 Å². The summed E-state index contributed by atoms with van der Waals surface area (Å²) in [6.07, 6.45) is 10.4. The van der Waals surface area contributed by atoms with Crippen molar-refractivity contribution >= 4 is 6.21 Å². The van der Waals surface area contributed by atoms with Crippen LogP contribution in [0.4, 0.5) is 4.39 Å². The molecule has 3 rings (SSSR count). The molecule has 1 aliphatic heterocycles. The lowest BCUT2D eigenvalue weighted by atomic mass is 9.73. The van der Waals surface area contributed by atoms with Crippen molar-refractivity contribution in [2.24, 2.45) is 22.7 Å². The van der Waals surface area contributed by atoms with Crippen molar-refractivity contribution in [1.29, 1.82) is 0 Å². The van der Waals surface area contributed by atoms with Crippen molar-refractivity contribution in [3.63, 3.8) is 0 Å². The third-order valence-corrected chi connectivity index (χ3v) is 4.71. The van der Waals surface area contributed by atoms with E-state index in [1.807, 2.05) is 12.4 Å². The van der Waals surface area contributed by atoms with E-state index in [4.69, 9.17) is 0 Å². The summed E-state index contributed by atoms with van der Waals surface area (Å²) in [5.74, 6) is 1.22. The van der Waals surface area contributed by atoms with Gasteiger partial charge in [-0.3, -0.25) is 4.99 Å². The monoisotopic (exact) mass is 233 g/mol. The van der Waals surface area contributed by atoms with Crippen LogP contribution in [0.3, 0.4) is 0 Å². The molecule has 3 aliphatic rings. The van der Waals surface area contributed by atoms with Gasteiger partial charge in [0.05, 0.1) is 0 Å². The van der Waals surface area contributed by atoms with Gasteiger partial charge < -0.3 is 0 Å². The standard InChI is InChI=1S/C15H20FN/c1-2-10-3-4-13-14(16)9-11-5-7-17-8-6-12(11)15(10)13/h6-8,10-11,13-14H,2-5,9H2,1H3. The molecular weight excluding hydrogens is 213 g/mol. The Kier molecular flexibility index (Phi) is 2.89. The van der Waals surface area contributed by atoms with E-state index in [2.05, 4.69) is 18.0 Å². The molecule has 4 unspecified atom stereocenters. The number of nitrogens with zero attached hydrogens (tertiary/aromatic N) is 1. The molecule has 0 aromatic carbocycles. The Bertz CT molecular complexity index is 394. The summed E-state index contributed by atoms with van der Waals surface area (Å²) >= 11 is 0. The highest BCUT2D eigenvalue weighted by molar-refractivity contribution is 5.61. The maximum absolute atomic E-state index is 14.2. The van der Waals surface area contributed by atoms with E-state index in [9.17, 15) is 4.39 Å². The number of halogens is 1. The van der Waals surface area contributed by atoms with E-state index in [-0.39, 0.29) is 5.92 Å². The molecule has 0 aromatic rings. The summed E-state index contributed by atoms with van der Waals surface area (Å²) in [6, 6.07) is 0. The highest BCUT2D eigenvalue weighted by atomic mass is 19.1. The first-order valence-corrected chi connectivity index (χ1v) is 6.87. The van der Waals surface area contributed by atoms with E-state index in [1.54, 1.807) is 0 Å². The van der Waals surface area contributed by atoms with Gasteiger partial charge in [0.15, 0.2) is 0 Å². The third kappa shape index (κ3) is 1.78. The summed E-state index contributed by atoms with van der Waals surface area (Å²) in [6.45, 7) is 2.23. The van der Waals surface area contributed by atoms with Gasteiger partial charge in [-0.15, -0.1) is 0 Å². The normalized spacial score (nSPS) is 40.1. The molecule has 0 aromatic heterocycles. The first-order valence-electron chi connectivity index (χ1n) is 6.87. The maximum atomic E-state index is 14.2. The molecule has 1 nitrogen and oxygen atoms in total. The zero-order valence-corrected chi connectivity index (χ0v) is 10.4. The Morgan fingerprint density at radius 2 is 2.29 bits per heavy atom. The first-order chi connectivity index (χ1) is 8.31. The zero-order chi connectivity index (χ0) is 11.8. The minimum atomic E-state index is -0.616. The minimum Gasteiger partial charge on any atom is -0.269 e. The van der Waals surface area contributed by atoms with E-state index in [0.29, 0.717) is 18.3 Å². The lowest BCUT2D eigenvalue weighted by Gasteiger charge is -2.33. The molecule has 2 aliphatic carbocycles. The van der Waals surface area contributed by atoms with Crippen molar-refractivity contribution in [1.82, 2.24) is 0 Å². The van der Waals surface area contributed by atoms with Gasteiger partial charge in [-0.25, -0.2) is 4.39 Å². The average Bonchev–Trinajstić information content (AvgIpc) is 2.63. The van der Waals surface area contributed by atoms with Gasteiger partial charge in [-0.2, -0.15) is 0 Å². The van der Waals surface area contributed by atoms with Gasteiger partial charge in [0.1, 0.15) is 6.17 Å². The second-order valence-corrected chi connectivity index (χ2v) is 5.53. The van der Waals surface area contributed by atoms with E-state index in [1.165, 1.54) is 17.6 Å². The van der Waals surface area contributed by atoms with Crippen molar-refractivity contribution in [2.45, 2.75) is 45.2 Å². The number of rotatable bonds is 1. The number of alkyl halides is 1. The highest BCUT2D eigenvalue weighted by Gasteiger charge is 2.42. The lowest BCUT2D eigenvalue weighted by molar-refractivity contribution is 0.204. The van der Waals surface area contributed by atoms with Crippen LogP contribution in [0, 0.1) is 17.8 Å². The van der Waals surface area contributed by atoms with Gasteiger partial charge in [-0.05, 0) is 55.6 Å². The zero-order valence-electron chi connectivity index (χ0n) is 10.4. The fourth-order valence-corrected chi connectivity index (χ4v) is 3.87. The van der Waals surface area contributed by atoms with Crippen LogP contribution in [0.25, 0.3) is 0 Å². The highest BCUT2D eigenvalue weighted by Crippen LogP contribution is 2.50. The Morgan fingerprint density at radius 3 is 3.12 bits per heavy atom. The average molecular weight is 233 g/mol. The van der Waals surface area contributed by atoms with Crippen LogP contribution in [0.1, 0.15) is 39.0 Å². The maximum Gasteiger partial charge on any atom is 0.107 e. The molecule has 0 saturated heterocycles. The van der Waals surface area contributed by atoms with Crippen LogP contribution in [0.15, 0.2) is 28.4 Å². The van der Waals surface area contributed by atoms with Gasteiger partial charge in [0.25, 0.3) is 0 Å². The smallest absolute Gasteiger partial charge is 0.107 e. The van der Waals surface area contributed by atoms with Crippen LogP contribution in [0.2, 0.25) is 0 Å². The van der Waals surface area contributed by atoms with Gasteiger partial charge in [0.2, 0.25) is 0 Å². The largest absolute Gasteiger partial charge is 0.269 e. The van der Waals surface area contributed by atoms with E-state index in [0.717, 1.165) is 19.3 Å². The molecule has 0 N–H and O–H groups in total. The number of hydrogen-bond acceptors (Lipinski definition) is 1. The summed E-state index contributed by atoms with van der Waals surface area (Å²) in [5.41, 5.74) is 2.86. The minimum absolute atomic E-state index is 0.217. The molecule has 0 bridgehead atoms.